The Morgan fingerprint density at radius 2 is 2.29 bits per heavy atom. The molecule has 8 heteroatoms. The van der Waals surface area contributed by atoms with Crippen LogP contribution < -0.4 is 10.1 Å². The lowest BCUT2D eigenvalue weighted by molar-refractivity contribution is -0.119. The number of amides is 1. The van der Waals surface area contributed by atoms with Crippen LogP contribution in [0.15, 0.2) is 18.2 Å². The molecule has 3 rings (SSSR count). The van der Waals surface area contributed by atoms with Crippen LogP contribution in [-0.4, -0.2) is 37.9 Å². The number of carbonyl (C=O) groups is 1. The lowest BCUT2D eigenvalue weighted by Crippen LogP contribution is -2.23. The van der Waals surface area contributed by atoms with Gasteiger partial charge in [-0.2, -0.15) is 0 Å². The molecule has 2 aromatic rings. The third-order valence-corrected chi connectivity index (χ3v) is 6.14. The van der Waals surface area contributed by atoms with Crippen molar-refractivity contribution >= 4 is 42.4 Å². The van der Waals surface area contributed by atoms with Gasteiger partial charge in [0.2, 0.25) is 5.91 Å². The van der Waals surface area contributed by atoms with E-state index in [1.807, 2.05) is 12.1 Å². The number of hydrogen-bond donors (Lipinski definition) is 1. The van der Waals surface area contributed by atoms with E-state index in [4.69, 9.17) is 4.74 Å². The van der Waals surface area contributed by atoms with Gasteiger partial charge >= 0.3 is 0 Å². The van der Waals surface area contributed by atoms with Gasteiger partial charge in [0, 0.05) is 0 Å². The zero-order valence-corrected chi connectivity index (χ0v) is 13.0. The van der Waals surface area contributed by atoms with Crippen LogP contribution in [0.25, 0.3) is 10.2 Å². The van der Waals surface area contributed by atoms with E-state index in [2.05, 4.69) is 10.3 Å². The molecule has 1 aliphatic rings. The van der Waals surface area contributed by atoms with Crippen LogP contribution >= 0.6 is 11.3 Å². The summed E-state index contributed by atoms with van der Waals surface area (Å²) >= 11 is 1.34. The quantitative estimate of drug-likeness (QED) is 0.927. The summed E-state index contributed by atoms with van der Waals surface area (Å²) in [5.74, 6) is -0.114. The summed E-state index contributed by atoms with van der Waals surface area (Å²) in [4.78, 5) is 16.4. The van der Waals surface area contributed by atoms with Crippen molar-refractivity contribution in [3.63, 3.8) is 0 Å². The lowest BCUT2D eigenvalue weighted by Gasteiger charge is -2.06. The Labute approximate surface area is 126 Å². The number of sulfone groups is 1. The Hall–Kier alpha value is -1.67. The predicted molar refractivity (Wildman–Crippen MR) is 81.6 cm³/mol. The predicted octanol–water partition coefficient (Wildman–Crippen LogP) is 1.68. The number of ether oxygens (including phenoxy) is 1. The molecule has 1 unspecified atom stereocenters. The fourth-order valence-corrected chi connectivity index (χ4v) is 4.98. The van der Waals surface area contributed by atoms with E-state index in [9.17, 15) is 13.2 Å². The van der Waals surface area contributed by atoms with Crippen molar-refractivity contribution in [3.8, 4) is 5.75 Å². The van der Waals surface area contributed by atoms with Gasteiger partial charge in [-0.05, 0) is 18.6 Å². The van der Waals surface area contributed by atoms with E-state index in [0.29, 0.717) is 22.8 Å². The van der Waals surface area contributed by atoms with Gasteiger partial charge < -0.3 is 10.1 Å². The summed E-state index contributed by atoms with van der Waals surface area (Å²) in [7, 11) is -1.50. The first kappa shape index (κ1) is 14.3. The summed E-state index contributed by atoms with van der Waals surface area (Å²) in [5.41, 5.74) is 0.694. The molecule has 112 valence electrons. The minimum atomic E-state index is -3.07. The molecule has 0 bridgehead atoms. The van der Waals surface area contributed by atoms with Crippen LogP contribution in [-0.2, 0) is 14.6 Å². The molecule has 1 saturated heterocycles. The molecule has 0 aliphatic carbocycles. The molecule has 1 fully saturated rings. The number of carbonyl (C=O) groups excluding carboxylic acids is 1. The molecule has 1 atom stereocenters. The maximum Gasteiger partial charge on any atom is 0.230 e. The van der Waals surface area contributed by atoms with Crippen molar-refractivity contribution in [2.24, 2.45) is 5.92 Å². The Kier molecular flexibility index (Phi) is 3.58. The number of nitrogens with one attached hydrogen (secondary N) is 1. The van der Waals surface area contributed by atoms with E-state index < -0.39 is 15.8 Å². The minimum absolute atomic E-state index is 0.0763. The highest BCUT2D eigenvalue weighted by Gasteiger charge is 2.33. The number of aromatic nitrogens is 1. The number of nitrogens with zero attached hydrogens (tertiary/aromatic N) is 1. The van der Waals surface area contributed by atoms with Gasteiger partial charge in [-0.25, -0.2) is 13.4 Å². The number of rotatable bonds is 3. The molecule has 0 spiro atoms. The van der Waals surface area contributed by atoms with Gasteiger partial charge in [0.15, 0.2) is 15.0 Å². The van der Waals surface area contributed by atoms with E-state index in [0.717, 1.165) is 4.70 Å². The van der Waals surface area contributed by atoms with E-state index in [1.165, 1.54) is 11.3 Å². The summed E-state index contributed by atoms with van der Waals surface area (Å²) in [6, 6.07) is 5.55. The number of anilines is 1. The van der Waals surface area contributed by atoms with E-state index in [1.54, 1.807) is 13.2 Å². The molecule has 21 heavy (non-hydrogen) atoms. The lowest BCUT2D eigenvalue weighted by atomic mass is 10.1. The van der Waals surface area contributed by atoms with Crippen LogP contribution in [0.4, 0.5) is 5.13 Å². The molecule has 0 radical (unpaired) electrons. The smallest absolute Gasteiger partial charge is 0.230 e. The standard InChI is InChI=1S/C13H14N2O4S2/c1-19-9-3-2-4-10-11(9)14-13(20-10)15-12(16)8-5-6-21(17,18)7-8/h2-4,8H,5-7H2,1H3,(H,14,15,16). The third-order valence-electron chi connectivity index (χ3n) is 3.44. The summed E-state index contributed by atoms with van der Waals surface area (Å²) in [6.07, 6.45) is 0.377. The number of para-hydroxylation sites is 1. The molecular formula is C13H14N2O4S2. The number of benzene rings is 1. The maximum absolute atomic E-state index is 12.1. The molecule has 0 saturated carbocycles. The second-order valence-electron chi connectivity index (χ2n) is 4.92. The summed E-state index contributed by atoms with van der Waals surface area (Å²) < 4.78 is 29.0. The van der Waals surface area contributed by atoms with Crippen LogP contribution in [0.5, 0.6) is 5.75 Å². The number of methoxy groups -OCH3 is 1. The van der Waals surface area contributed by atoms with E-state index >= 15 is 0 Å². The van der Waals surface area contributed by atoms with Crippen molar-refractivity contribution in [1.29, 1.82) is 0 Å². The van der Waals surface area contributed by atoms with E-state index in [-0.39, 0.29) is 17.4 Å². The highest BCUT2D eigenvalue weighted by molar-refractivity contribution is 7.91. The van der Waals surface area contributed by atoms with Crippen molar-refractivity contribution in [3.05, 3.63) is 18.2 Å². The van der Waals surface area contributed by atoms with Crippen molar-refractivity contribution in [1.82, 2.24) is 4.98 Å². The fourth-order valence-electron chi connectivity index (χ4n) is 2.35. The highest BCUT2D eigenvalue weighted by Crippen LogP contribution is 2.32. The van der Waals surface area contributed by atoms with Gasteiger partial charge in [-0.1, -0.05) is 17.4 Å². The largest absolute Gasteiger partial charge is 0.494 e. The Balaban J connectivity index is 1.81. The molecule has 1 aliphatic heterocycles. The van der Waals surface area contributed by atoms with Crippen molar-refractivity contribution in [2.75, 3.05) is 23.9 Å². The molecule has 1 aromatic carbocycles. The minimum Gasteiger partial charge on any atom is -0.494 e. The van der Waals surface area contributed by atoms with Crippen molar-refractivity contribution in [2.45, 2.75) is 6.42 Å². The van der Waals surface area contributed by atoms with Gasteiger partial charge in [0.05, 0.1) is 29.2 Å². The fraction of sp³-hybridized carbons (Fsp3) is 0.385. The van der Waals surface area contributed by atoms with Gasteiger partial charge in [0.1, 0.15) is 11.3 Å². The molecule has 2 heterocycles. The molecule has 1 N–H and O–H groups in total. The first-order chi connectivity index (χ1) is 9.98. The molecular weight excluding hydrogens is 312 g/mol. The van der Waals surface area contributed by atoms with Gasteiger partial charge in [0.25, 0.3) is 0 Å². The zero-order chi connectivity index (χ0) is 15.0. The number of hydrogen-bond acceptors (Lipinski definition) is 6. The zero-order valence-electron chi connectivity index (χ0n) is 11.3. The number of fused-ring (bicyclic) bond motifs is 1. The Bertz CT molecular complexity index is 798. The normalized spacial score (nSPS) is 20.5. The van der Waals surface area contributed by atoms with Gasteiger partial charge in [-0.3, -0.25) is 4.79 Å². The number of thiazole rings is 1. The van der Waals surface area contributed by atoms with Crippen LogP contribution in [0.2, 0.25) is 0 Å². The highest BCUT2D eigenvalue weighted by atomic mass is 32.2. The van der Waals surface area contributed by atoms with Crippen LogP contribution in [0.1, 0.15) is 6.42 Å². The monoisotopic (exact) mass is 326 g/mol. The van der Waals surface area contributed by atoms with Gasteiger partial charge in [-0.15, -0.1) is 0 Å². The second kappa shape index (κ2) is 5.27. The summed E-state index contributed by atoms with van der Waals surface area (Å²) in [6.45, 7) is 0. The first-order valence-corrected chi connectivity index (χ1v) is 9.07. The average molecular weight is 326 g/mol. The molecule has 1 aromatic heterocycles. The SMILES string of the molecule is COc1cccc2sc(NC(=O)C3CCS(=O)(=O)C3)nc12. The topological polar surface area (TPSA) is 85.4 Å². The molecule has 6 nitrogen and oxygen atoms in total. The third kappa shape index (κ3) is 2.86. The molecule has 1 amide bonds. The van der Waals surface area contributed by atoms with Crippen LogP contribution in [0, 0.1) is 5.92 Å². The first-order valence-electron chi connectivity index (χ1n) is 6.43. The average Bonchev–Trinajstić information content (AvgIpc) is 3.00. The Morgan fingerprint density at radius 3 is 2.95 bits per heavy atom. The maximum atomic E-state index is 12.1. The Morgan fingerprint density at radius 1 is 1.48 bits per heavy atom. The van der Waals surface area contributed by atoms with Crippen LogP contribution in [0.3, 0.4) is 0 Å². The second-order valence-corrected chi connectivity index (χ2v) is 8.17. The summed E-state index contributed by atoms with van der Waals surface area (Å²) in [5, 5.41) is 3.17. The van der Waals surface area contributed by atoms with Crippen molar-refractivity contribution < 1.29 is 17.9 Å².